The summed E-state index contributed by atoms with van der Waals surface area (Å²) >= 11 is 0. The van der Waals surface area contributed by atoms with Gasteiger partial charge in [-0.1, -0.05) is 32.0 Å². The highest BCUT2D eigenvalue weighted by atomic mass is 16.3. The van der Waals surface area contributed by atoms with Gasteiger partial charge in [0.15, 0.2) is 5.76 Å². The zero-order chi connectivity index (χ0) is 12.4. The summed E-state index contributed by atoms with van der Waals surface area (Å²) in [6.07, 6.45) is 0. The Balaban J connectivity index is 2.40. The molecule has 0 amide bonds. The molecule has 0 saturated heterocycles. The summed E-state index contributed by atoms with van der Waals surface area (Å²) in [5.74, 6) is -0.624. The molecule has 1 heterocycles. The molecule has 1 aromatic heterocycles. The quantitative estimate of drug-likeness (QED) is 0.755. The van der Waals surface area contributed by atoms with Crippen LogP contribution in [0, 0.1) is 23.2 Å². The minimum absolute atomic E-state index is 0.0132. The summed E-state index contributed by atoms with van der Waals surface area (Å²) in [6, 6.07) is 11.2. The Kier molecular flexibility index (Phi) is 2.97. The fourth-order valence-corrected chi connectivity index (χ4v) is 1.77. The molecule has 0 fully saturated rings. The minimum Gasteiger partial charge on any atom is -0.453 e. The van der Waals surface area contributed by atoms with E-state index in [9.17, 15) is 4.79 Å². The van der Waals surface area contributed by atoms with Crippen molar-refractivity contribution in [3.63, 3.8) is 0 Å². The van der Waals surface area contributed by atoms with E-state index in [-0.39, 0.29) is 17.5 Å². The molecule has 1 atom stereocenters. The highest BCUT2D eigenvalue weighted by Crippen LogP contribution is 2.23. The molecule has 3 heteroatoms. The third-order valence-electron chi connectivity index (χ3n) is 2.76. The number of hydrogen-bond donors (Lipinski definition) is 0. The van der Waals surface area contributed by atoms with Crippen molar-refractivity contribution in [2.75, 3.05) is 0 Å². The van der Waals surface area contributed by atoms with E-state index in [1.165, 1.54) is 0 Å². The Morgan fingerprint density at radius 3 is 2.65 bits per heavy atom. The van der Waals surface area contributed by atoms with Crippen LogP contribution in [0.4, 0.5) is 0 Å². The maximum absolute atomic E-state index is 12.1. The number of rotatable bonds is 3. The standard InChI is InChI=1S/C14H13NO2/c1-9(2)11(8-15)14(16)13-7-10-5-3-4-6-12(10)17-13/h3-7,9,11H,1-2H3. The van der Waals surface area contributed by atoms with Gasteiger partial charge in [-0.25, -0.2) is 0 Å². The number of para-hydroxylation sites is 1. The third kappa shape index (κ3) is 2.07. The number of Topliss-reactive ketones (excluding diaryl/α,β-unsaturated/α-hetero) is 1. The monoisotopic (exact) mass is 227 g/mol. The van der Waals surface area contributed by atoms with E-state index in [1.54, 1.807) is 6.07 Å². The maximum Gasteiger partial charge on any atom is 0.215 e. The lowest BCUT2D eigenvalue weighted by molar-refractivity contribution is 0.0898. The number of hydrogen-bond acceptors (Lipinski definition) is 3. The van der Waals surface area contributed by atoms with Crippen LogP contribution < -0.4 is 0 Å². The van der Waals surface area contributed by atoms with Crippen LogP contribution in [0.25, 0.3) is 11.0 Å². The van der Waals surface area contributed by atoms with Gasteiger partial charge in [0.25, 0.3) is 0 Å². The van der Waals surface area contributed by atoms with Crippen molar-refractivity contribution in [3.05, 3.63) is 36.1 Å². The van der Waals surface area contributed by atoms with E-state index in [0.717, 1.165) is 5.39 Å². The Morgan fingerprint density at radius 2 is 2.06 bits per heavy atom. The molecule has 0 aliphatic carbocycles. The molecule has 0 saturated carbocycles. The lowest BCUT2D eigenvalue weighted by Crippen LogP contribution is -2.18. The van der Waals surface area contributed by atoms with Crippen LogP contribution in [0.15, 0.2) is 34.7 Å². The highest BCUT2D eigenvalue weighted by Gasteiger charge is 2.25. The van der Waals surface area contributed by atoms with Gasteiger partial charge < -0.3 is 4.42 Å². The molecule has 0 spiro atoms. The van der Waals surface area contributed by atoms with Gasteiger partial charge in [-0.05, 0) is 18.1 Å². The second-order valence-electron chi connectivity index (χ2n) is 4.36. The van der Waals surface area contributed by atoms with Crippen molar-refractivity contribution in [3.8, 4) is 6.07 Å². The minimum atomic E-state index is -0.643. The summed E-state index contributed by atoms with van der Waals surface area (Å²) < 4.78 is 5.46. The Bertz CT molecular complexity index is 557. The first-order chi connectivity index (χ1) is 8.13. The molecule has 2 rings (SSSR count). The molecule has 3 nitrogen and oxygen atoms in total. The number of ketones is 1. The van der Waals surface area contributed by atoms with Crippen molar-refractivity contribution in [1.82, 2.24) is 0 Å². The summed E-state index contributed by atoms with van der Waals surface area (Å²) in [6.45, 7) is 3.71. The second kappa shape index (κ2) is 4.42. The van der Waals surface area contributed by atoms with Crippen LogP contribution >= 0.6 is 0 Å². The summed E-state index contributed by atoms with van der Waals surface area (Å²) in [5.41, 5.74) is 0.677. The molecule has 0 aliphatic heterocycles. The normalized spacial score (nSPS) is 12.6. The highest BCUT2D eigenvalue weighted by molar-refractivity contribution is 6.00. The fraction of sp³-hybridized carbons (Fsp3) is 0.286. The SMILES string of the molecule is CC(C)C(C#N)C(=O)c1cc2ccccc2o1. The van der Waals surface area contributed by atoms with E-state index < -0.39 is 5.92 Å². The van der Waals surface area contributed by atoms with Crippen LogP contribution in [0.2, 0.25) is 0 Å². The van der Waals surface area contributed by atoms with Crippen LogP contribution in [0.3, 0.4) is 0 Å². The number of nitrogens with zero attached hydrogens (tertiary/aromatic N) is 1. The molecule has 2 aromatic rings. The zero-order valence-corrected chi connectivity index (χ0v) is 9.81. The molecular weight excluding hydrogens is 214 g/mol. The maximum atomic E-state index is 12.1. The molecular formula is C14H13NO2. The van der Waals surface area contributed by atoms with Gasteiger partial charge in [-0.2, -0.15) is 5.26 Å². The Hall–Kier alpha value is -2.08. The first-order valence-electron chi connectivity index (χ1n) is 5.56. The molecule has 0 N–H and O–H groups in total. The molecule has 17 heavy (non-hydrogen) atoms. The first-order valence-corrected chi connectivity index (χ1v) is 5.56. The molecule has 0 radical (unpaired) electrons. The Morgan fingerprint density at radius 1 is 1.35 bits per heavy atom. The van der Waals surface area contributed by atoms with E-state index in [2.05, 4.69) is 0 Å². The smallest absolute Gasteiger partial charge is 0.215 e. The topological polar surface area (TPSA) is 54.0 Å². The van der Waals surface area contributed by atoms with Crippen molar-refractivity contribution in [2.24, 2.45) is 11.8 Å². The average Bonchev–Trinajstić information content (AvgIpc) is 2.72. The summed E-state index contributed by atoms with van der Waals surface area (Å²) in [4.78, 5) is 12.1. The molecule has 1 aromatic carbocycles. The second-order valence-corrected chi connectivity index (χ2v) is 4.36. The van der Waals surface area contributed by atoms with Gasteiger partial charge in [-0.3, -0.25) is 4.79 Å². The molecule has 0 bridgehead atoms. The number of nitriles is 1. The van der Waals surface area contributed by atoms with Gasteiger partial charge in [-0.15, -0.1) is 0 Å². The summed E-state index contributed by atoms with van der Waals surface area (Å²) in [7, 11) is 0. The van der Waals surface area contributed by atoms with Crippen molar-refractivity contribution < 1.29 is 9.21 Å². The number of furan rings is 1. The van der Waals surface area contributed by atoms with Crippen LogP contribution in [0.5, 0.6) is 0 Å². The molecule has 1 unspecified atom stereocenters. The van der Waals surface area contributed by atoms with Crippen molar-refractivity contribution in [2.45, 2.75) is 13.8 Å². The Labute approximate surface area is 99.7 Å². The molecule has 0 aliphatic rings. The van der Waals surface area contributed by atoms with E-state index in [0.29, 0.717) is 5.58 Å². The van der Waals surface area contributed by atoms with E-state index in [4.69, 9.17) is 9.68 Å². The number of fused-ring (bicyclic) bond motifs is 1. The van der Waals surface area contributed by atoms with Crippen LogP contribution in [-0.4, -0.2) is 5.78 Å². The number of carbonyl (C=O) groups is 1. The number of benzene rings is 1. The molecule has 86 valence electrons. The van der Waals surface area contributed by atoms with Crippen molar-refractivity contribution >= 4 is 16.8 Å². The predicted molar refractivity (Wildman–Crippen MR) is 64.5 cm³/mol. The average molecular weight is 227 g/mol. The summed E-state index contributed by atoms with van der Waals surface area (Å²) in [5, 5.41) is 9.88. The fourth-order valence-electron chi connectivity index (χ4n) is 1.77. The van der Waals surface area contributed by atoms with Gasteiger partial charge in [0.1, 0.15) is 11.5 Å². The van der Waals surface area contributed by atoms with Crippen molar-refractivity contribution in [1.29, 1.82) is 5.26 Å². The van der Waals surface area contributed by atoms with Crippen LogP contribution in [-0.2, 0) is 0 Å². The lowest BCUT2D eigenvalue weighted by atomic mass is 9.92. The van der Waals surface area contributed by atoms with Crippen LogP contribution in [0.1, 0.15) is 24.4 Å². The van der Waals surface area contributed by atoms with Gasteiger partial charge in [0.2, 0.25) is 5.78 Å². The zero-order valence-electron chi connectivity index (χ0n) is 9.81. The van der Waals surface area contributed by atoms with Gasteiger partial charge in [0.05, 0.1) is 6.07 Å². The van der Waals surface area contributed by atoms with E-state index in [1.807, 2.05) is 44.2 Å². The van der Waals surface area contributed by atoms with Gasteiger partial charge >= 0.3 is 0 Å². The largest absolute Gasteiger partial charge is 0.453 e. The third-order valence-corrected chi connectivity index (χ3v) is 2.76. The lowest BCUT2D eigenvalue weighted by Gasteiger charge is -2.08. The first kappa shape index (κ1) is 11.4. The number of carbonyl (C=O) groups excluding carboxylic acids is 1. The van der Waals surface area contributed by atoms with Gasteiger partial charge in [0, 0.05) is 5.39 Å². The van der Waals surface area contributed by atoms with E-state index >= 15 is 0 Å². The predicted octanol–water partition coefficient (Wildman–Crippen LogP) is 3.41.